The molecule has 2 unspecified atom stereocenters. The maximum absolute atomic E-state index is 12.9. The third-order valence-electron chi connectivity index (χ3n) is 3.81. The van der Waals surface area contributed by atoms with E-state index in [0.29, 0.717) is 5.56 Å². The van der Waals surface area contributed by atoms with Gasteiger partial charge in [-0.1, -0.05) is 39.3 Å². The van der Waals surface area contributed by atoms with Crippen LogP contribution in [0.5, 0.6) is 0 Å². The lowest BCUT2D eigenvalue weighted by atomic mass is 9.92. The van der Waals surface area contributed by atoms with Crippen molar-refractivity contribution in [3.05, 3.63) is 35.6 Å². The second-order valence-electron chi connectivity index (χ2n) is 5.39. The minimum absolute atomic E-state index is 0.173. The standard InChI is InChI=1S/C16H22FNO3/c1-4-11(2)12(3)16(21)18(10-15(19)20)9-13-5-7-14(17)8-6-13/h5-8,11-12H,4,9-10H2,1-3H3,(H,19,20). The van der Waals surface area contributed by atoms with Gasteiger partial charge < -0.3 is 10.0 Å². The molecule has 0 aromatic heterocycles. The highest BCUT2D eigenvalue weighted by Crippen LogP contribution is 2.19. The van der Waals surface area contributed by atoms with E-state index in [1.807, 2.05) is 20.8 Å². The zero-order valence-corrected chi connectivity index (χ0v) is 12.7. The molecule has 0 bridgehead atoms. The first-order chi connectivity index (χ1) is 9.85. The van der Waals surface area contributed by atoms with Crippen LogP contribution in [0.2, 0.25) is 0 Å². The van der Waals surface area contributed by atoms with Crippen LogP contribution in [0.4, 0.5) is 4.39 Å². The average Bonchev–Trinajstić information content (AvgIpc) is 2.46. The van der Waals surface area contributed by atoms with Gasteiger partial charge in [0.1, 0.15) is 12.4 Å². The van der Waals surface area contributed by atoms with Crippen molar-refractivity contribution in [2.24, 2.45) is 11.8 Å². The molecule has 5 heteroatoms. The maximum atomic E-state index is 12.9. The Kier molecular flexibility index (Phi) is 6.34. The number of carbonyl (C=O) groups excluding carboxylic acids is 1. The van der Waals surface area contributed by atoms with E-state index < -0.39 is 5.97 Å². The monoisotopic (exact) mass is 295 g/mol. The van der Waals surface area contributed by atoms with Gasteiger partial charge in [0, 0.05) is 12.5 Å². The van der Waals surface area contributed by atoms with E-state index >= 15 is 0 Å². The first-order valence-corrected chi connectivity index (χ1v) is 7.10. The van der Waals surface area contributed by atoms with Crippen molar-refractivity contribution >= 4 is 11.9 Å². The summed E-state index contributed by atoms with van der Waals surface area (Å²) in [7, 11) is 0. The van der Waals surface area contributed by atoms with E-state index in [9.17, 15) is 14.0 Å². The minimum atomic E-state index is -1.05. The molecule has 0 saturated carbocycles. The van der Waals surface area contributed by atoms with Crippen molar-refractivity contribution in [2.75, 3.05) is 6.54 Å². The number of rotatable bonds is 7. The van der Waals surface area contributed by atoms with Gasteiger partial charge in [0.05, 0.1) is 0 Å². The van der Waals surface area contributed by atoms with Gasteiger partial charge in [0.2, 0.25) is 5.91 Å². The molecule has 0 radical (unpaired) electrons. The Balaban J connectivity index is 2.86. The number of carbonyl (C=O) groups is 2. The number of hydrogen-bond donors (Lipinski definition) is 1. The predicted molar refractivity (Wildman–Crippen MR) is 78.1 cm³/mol. The Morgan fingerprint density at radius 1 is 1.24 bits per heavy atom. The molecule has 0 aliphatic rings. The van der Waals surface area contributed by atoms with Crippen LogP contribution in [0.15, 0.2) is 24.3 Å². The van der Waals surface area contributed by atoms with Gasteiger partial charge in [0.25, 0.3) is 0 Å². The molecular weight excluding hydrogens is 273 g/mol. The Morgan fingerprint density at radius 3 is 2.29 bits per heavy atom. The lowest BCUT2D eigenvalue weighted by Crippen LogP contribution is -2.40. The first-order valence-electron chi connectivity index (χ1n) is 7.10. The van der Waals surface area contributed by atoms with Crippen LogP contribution in [0.1, 0.15) is 32.8 Å². The molecule has 2 atom stereocenters. The first kappa shape index (κ1) is 17.1. The lowest BCUT2D eigenvalue weighted by Gasteiger charge is -2.27. The second-order valence-corrected chi connectivity index (χ2v) is 5.39. The molecular formula is C16H22FNO3. The molecule has 0 fully saturated rings. The number of hydrogen-bond acceptors (Lipinski definition) is 2. The summed E-state index contributed by atoms with van der Waals surface area (Å²) in [6, 6.07) is 5.73. The SMILES string of the molecule is CCC(C)C(C)C(=O)N(CC(=O)O)Cc1ccc(F)cc1. The maximum Gasteiger partial charge on any atom is 0.323 e. The Labute approximate surface area is 124 Å². The molecule has 1 aromatic rings. The normalized spacial score (nSPS) is 13.5. The molecule has 4 nitrogen and oxygen atoms in total. The van der Waals surface area contributed by atoms with Gasteiger partial charge in [-0.2, -0.15) is 0 Å². The summed E-state index contributed by atoms with van der Waals surface area (Å²) < 4.78 is 12.9. The topological polar surface area (TPSA) is 57.6 Å². The van der Waals surface area contributed by atoms with E-state index in [2.05, 4.69) is 0 Å². The fraction of sp³-hybridized carbons (Fsp3) is 0.500. The molecule has 0 aliphatic carbocycles. The highest BCUT2D eigenvalue weighted by atomic mass is 19.1. The summed E-state index contributed by atoms with van der Waals surface area (Å²) in [5.74, 6) is -1.66. The smallest absolute Gasteiger partial charge is 0.323 e. The number of aliphatic carboxylic acids is 1. The molecule has 0 aliphatic heterocycles. The van der Waals surface area contributed by atoms with E-state index in [0.717, 1.165) is 6.42 Å². The van der Waals surface area contributed by atoms with Gasteiger partial charge in [-0.3, -0.25) is 9.59 Å². The number of halogens is 1. The van der Waals surface area contributed by atoms with Gasteiger partial charge in [-0.05, 0) is 23.6 Å². The number of carboxylic acid groups (broad SMARTS) is 1. The number of benzene rings is 1. The van der Waals surface area contributed by atoms with Crippen LogP contribution in [-0.4, -0.2) is 28.4 Å². The zero-order valence-electron chi connectivity index (χ0n) is 12.7. The van der Waals surface area contributed by atoms with Gasteiger partial charge in [-0.15, -0.1) is 0 Å². The summed E-state index contributed by atoms with van der Waals surface area (Å²) >= 11 is 0. The van der Waals surface area contributed by atoms with Crippen molar-refractivity contribution < 1.29 is 19.1 Å². The van der Waals surface area contributed by atoms with Crippen molar-refractivity contribution in [1.82, 2.24) is 4.90 Å². The Hall–Kier alpha value is -1.91. The fourth-order valence-corrected chi connectivity index (χ4v) is 2.07. The molecule has 116 valence electrons. The molecule has 1 amide bonds. The molecule has 1 N–H and O–H groups in total. The summed E-state index contributed by atoms with van der Waals surface area (Å²) in [4.78, 5) is 24.7. The summed E-state index contributed by atoms with van der Waals surface area (Å²) in [5, 5.41) is 8.98. The summed E-state index contributed by atoms with van der Waals surface area (Å²) in [5.41, 5.74) is 0.711. The zero-order chi connectivity index (χ0) is 16.0. The third-order valence-corrected chi connectivity index (χ3v) is 3.81. The molecule has 21 heavy (non-hydrogen) atoms. The van der Waals surface area contributed by atoms with Crippen molar-refractivity contribution in [1.29, 1.82) is 0 Å². The number of carboxylic acids is 1. The van der Waals surface area contributed by atoms with Crippen LogP contribution in [-0.2, 0) is 16.1 Å². The lowest BCUT2D eigenvalue weighted by molar-refractivity contribution is -0.147. The van der Waals surface area contributed by atoms with Crippen molar-refractivity contribution in [3.8, 4) is 0 Å². The predicted octanol–water partition coefficient (Wildman–Crippen LogP) is 2.92. The van der Waals surface area contributed by atoms with Crippen LogP contribution in [0.3, 0.4) is 0 Å². The van der Waals surface area contributed by atoms with Gasteiger partial charge in [-0.25, -0.2) is 4.39 Å². The molecule has 1 aromatic carbocycles. The molecule has 0 spiro atoms. The number of nitrogens with zero attached hydrogens (tertiary/aromatic N) is 1. The molecule has 1 rings (SSSR count). The summed E-state index contributed by atoms with van der Waals surface area (Å²) in [6.45, 7) is 5.61. The number of amides is 1. The van der Waals surface area contributed by atoms with Crippen LogP contribution in [0, 0.1) is 17.7 Å². The second kappa shape index (κ2) is 7.76. The van der Waals surface area contributed by atoms with Crippen molar-refractivity contribution in [3.63, 3.8) is 0 Å². The third kappa shape index (κ3) is 5.17. The van der Waals surface area contributed by atoms with E-state index in [-0.39, 0.29) is 36.6 Å². The van der Waals surface area contributed by atoms with Crippen LogP contribution < -0.4 is 0 Å². The van der Waals surface area contributed by atoms with E-state index in [4.69, 9.17) is 5.11 Å². The quantitative estimate of drug-likeness (QED) is 0.841. The minimum Gasteiger partial charge on any atom is -0.480 e. The highest BCUT2D eigenvalue weighted by molar-refractivity contribution is 5.83. The van der Waals surface area contributed by atoms with Gasteiger partial charge >= 0.3 is 5.97 Å². The average molecular weight is 295 g/mol. The van der Waals surface area contributed by atoms with Crippen molar-refractivity contribution in [2.45, 2.75) is 33.7 Å². The summed E-state index contributed by atoms with van der Waals surface area (Å²) in [6.07, 6.45) is 0.852. The van der Waals surface area contributed by atoms with E-state index in [1.54, 1.807) is 12.1 Å². The van der Waals surface area contributed by atoms with E-state index in [1.165, 1.54) is 17.0 Å². The molecule has 0 saturated heterocycles. The largest absolute Gasteiger partial charge is 0.480 e. The van der Waals surface area contributed by atoms with Crippen LogP contribution in [0.25, 0.3) is 0 Å². The molecule has 0 heterocycles. The van der Waals surface area contributed by atoms with Crippen LogP contribution >= 0.6 is 0 Å². The Morgan fingerprint density at radius 2 is 1.81 bits per heavy atom. The van der Waals surface area contributed by atoms with Gasteiger partial charge in [0.15, 0.2) is 0 Å². The highest BCUT2D eigenvalue weighted by Gasteiger charge is 2.25. The fourth-order valence-electron chi connectivity index (χ4n) is 2.07. The Bertz CT molecular complexity index is 487.